The van der Waals surface area contributed by atoms with Gasteiger partial charge in [-0.25, -0.2) is 4.79 Å². The van der Waals surface area contributed by atoms with Crippen molar-refractivity contribution in [1.82, 2.24) is 9.88 Å². The van der Waals surface area contributed by atoms with Crippen molar-refractivity contribution >= 4 is 22.8 Å². The molecular weight excluding hydrogens is 428 g/mol. The van der Waals surface area contributed by atoms with Gasteiger partial charge in [-0.2, -0.15) is 0 Å². The maximum atomic E-state index is 12.9. The van der Waals surface area contributed by atoms with Crippen LogP contribution in [0.2, 0.25) is 0 Å². The molecule has 1 N–H and O–H groups in total. The number of carbonyl (C=O) groups excluding carboxylic acids is 2. The van der Waals surface area contributed by atoms with Gasteiger partial charge in [-0.15, -0.1) is 0 Å². The summed E-state index contributed by atoms with van der Waals surface area (Å²) < 4.78 is 12.6. The van der Waals surface area contributed by atoms with Crippen LogP contribution in [0.4, 0.5) is 0 Å². The number of aromatic nitrogens is 1. The van der Waals surface area contributed by atoms with E-state index in [-0.39, 0.29) is 5.91 Å². The van der Waals surface area contributed by atoms with Crippen LogP contribution in [0.1, 0.15) is 71.9 Å². The predicted octanol–water partition coefficient (Wildman–Crippen LogP) is 5.60. The third-order valence-corrected chi connectivity index (χ3v) is 6.50. The maximum absolute atomic E-state index is 12.9. The maximum Gasteiger partial charge on any atom is 0.337 e. The second-order valence-corrected chi connectivity index (χ2v) is 8.67. The quantitative estimate of drug-likeness (QED) is 0.375. The monoisotopic (exact) mass is 464 g/mol. The van der Waals surface area contributed by atoms with Crippen LogP contribution in [0.5, 0.6) is 5.75 Å². The molecule has 0 saturated carbocycles. The number of benzene rings is 2. The van der Waals surface area contributed by atoms with Crippen LogP contribution in [-0.4, -0.2) is 37.2 Å². The van der Waals surface area contributed by atoms with Crippen molar-refractivity contribution in [2.24, 2.45) is 5.92 Å². The molecule has 6 heteroatoms. The van der Waals surface area contributed by atoms with Gasteiger partial charge in [0.15, 0.2) is 0 Å². The Labute approximate surface area is 202 Å². The largest absolute Gasteiger partial charge is 0.496 e. The van der Waals surface area contributed by atoms with E-state index in [1.54, 1.807) is 19.2 Å². The third kappa shape index (κ3) is 5.61. The molecule has 1 aromatic heterocycles. The average Bonchev–Trinajstić information content (AvgIpc) is 3.20. The molecule has 0 saturated heterocycles. The second kappa shape index (κ2) is 11.7. The summed E-state index contributed by atoms with van der Waals surface area (Å²) in [6.07, 6.45) is 6.26. The number of esters is 1. The number of nitrogens with zero attached hydrogens (tertiary/aromatic N) is 1. The van der Waals surface area contributed by atoms with Crippen LogP contribution < -0.4 is 10.1 Å². The second-order valence-electron chi connectivity index (χ2n) is 8.67. The van der Waals surface area contributed by atoms with E-state index in [1.807, 2.05) is 18.2 Å². The Kier molecular flexibility index (Phi) is 8.74. The average molecular weight is 465 g/mol. The Bertz CT molecular complexity index is 1140. The summed E-state index contributed by atoms with van der Waals surface area (Å²) in [5.74, 6) is 0.679. The molecule has 182 valence electrons. The predicted molar refractivity (Wildman–Crippen MR) is 136 cm³/mol. The first kappa shape index (κ1) is 25.3. The molecule has 0 unspecified atom stereocenters. The summed E-state index contributed by atoms with van der Waals surface area (Å²) in [6.45, 7) is 7.72. The van der Waals surface area contributed by atoms with Crippen molar-refractivity contribution in [3.63, 3.8) is 0 Å². The van der Waals surface area contributed by atoms with Crippen molar-refractivity contribution in [3.05, 3.63) is 64.8 Å². The highest BCUT2D eigenvalue weighted by molar-refractivity contribution is 5.98. The fourth-order valence-corrected chi connectivity index (χ4v) is 4.33. The molecule has 0 aliphatic rings. The van der Waals surface area contributed by atoms with Crippen LogP contribution in [0, 0.1) is 5.92 Å². The Morgan fingerprint density at radius 1 is 0.971 bits per heavy atom. The lowest BCUT2D eigenvalue weighted by Crippen LogP contribution is -2.28. The van der Waals surface area contributed by atoms with Crippen LogP contribution >= 0.6 is 0 Å². The molecule has 0 fully saturated rings. The number of hydrogen-bond acceptors (Lipinski definition) is 4. The highest BCUT2D eigenvalue weighted by atomic mass is 16.5. The molecule has 0 bridgehead atoms. The number of amides is 1. The zero-order chi connectivity index (χ0) is 24.7. The van der Waals surface area contributed by atoms with E-state index < -0.39 is 5.97 Å². The van der Waals surface area contributed by atoms with E-state index in [0.717, 1.165) is 42.1 Å². The molecule has 1 heterocycles. The van der Waals surface area contributed by atoms with Gasteiger partial charge in [-0.3, -0.25) is 4.79 Å². The summed E-state index contributed by atoms with van der Waals surface area (Å²) in [7, 11) is 2.96. The summed E-state index contributed by atoms with van der Waals surface area (Å²) in [5.41, 5.74) is 4.32. The summed E-state index contributed by atoms with van der Waals surface area (Å²) in [4.78, 5) is 24.8. The van der Waals surface area contributed by atoms with Gasteiger partial charge >= 0.3 is 5.97 Å². The van der Waals surface area contributed by atoms with Crippen molar-refractivity contribution < 1.29 is 19.1 Å². The van der Waals surface area contributed by atoms with E-state index >= 15 is 0 Å². The van der Waals surface area contributed by atoms with Crippen LogP contribution in [-0.2, 0) is 17.7 Å². The molecule has 3 aromatic rings. The lowest BCUT2D eigenvalue weighted by Gasteiger charge is -2.14. The highest BCUT2D eigenvalue weighted by Crippen LogP contribution is 2.28. The third-order valence-electron chi connectivity index (χ3n) is 6.50. The number of nitrogens with one attached hydrogen (secondary N) is 1. The SMILES string of the molecule is CCCc1cn(Cc2ccc(C(=O)OC)cc2OC)c2cc(C(=O)NCC(CC)CC)ccc12. The zero-order valence-corrected chi connectivity index (χ0v) is 20.9. The lowest BCUT2D eigenvalue weighted by molar-refractivity contribution is 0.0600. The summed E-state index contributed by atoms with van der Waals surface area (Å²) in [5, 5.41) is 4.25. The number of hydrogen-bond donors (Lipinski definition) is 1. The fraction of sp³-hybridized carbons (Fsp3) is 0.429. The van der Waals surface area contributed by atoms with Gasteiger partial charge in [0.05, 0.1) is 26.3 Å². The normalized spacial score (nSPS) is 11.1. The van der Waals surface area contributed by atoms with Gasteiger partial charge in [0.2, 0.25) is 0 Å². The molecular formula is C28H36N2O4. The highest BCUT2D eigenvalue weighted by Gasteiger charge is 2.16. The van der Waals surface area contributed by atoms with E-state index in [9.17, 15) is 9.59 Å². The van der Waals surface area contributed by atoms with Crippen molar-refractivity contribution in [2.75, 3.05) is 20.8 Å². The molecule has 0 radical (unpaired) electrons. The Balaban J connectivity index is 1.96. The number of ether oxygens (including phenoxy) is 2. The van der Waals surface area contributed by atoms with Gasteiger partial charge in [-0.1, -0.05) is 52.2 Å². The number of carbonyl (C=O) groups is 2. The van der Waals surface area contributed by atoms with Crippen molar-refractivity contribution in [2.45, 2.75) is 53.0 Å². The molecule has 3 rings (SSSR count). The lowest BCUT2D eigenvalue weighted by atomic mass is 10.0. The minimum absolute atomic E-state index is 0.0430. The van der Waals surface area contributed by atoms with E-state index in [4.69, 9.17) is 9.47 Å². The number of methoxy groups -OCH3 is 2. The molecule has 0 aliphatic carbocycles. The Hall–Kier alpha value is -3.28. The fourth-order valence-electron chi connectivity index (χ4n) is 4.33. The molecule has 2 aromatic carbocycles. The standard InChI is InChI=1S/C28H36N2O4/c1-6-9-22-17-30(18-23-11-10-21(28(32)34-5)15-26(23)33-4)25-14-20(12-13-24(22)25)27(31)29-16-19(7-2)8-3/h10-15,17,19H,6-9,16,18H2,1-5H3,(H,29,31). The first-order chi connectivity index (χ1) is 16.4. The van der Waals surface area contributed by atoms with E-state index in [2.05, 4.69) is 42.9 Å². The van der Waals surface area contributed by atoms with Crippen LogP contribution in [0.3, 0.4) is 0 Å². The first-order valence-corrected chi connectivity index (χ1v) is 12.1. The molecule has 0 atom stereocenters. The van der Waals surface area contributed by atoms with Gasteiger partial charge in [0, 0.05) is 34.8 Å². The summed E-state index contributed by atoms with van der Waals surface area (Å²) in [6, 6.07) is 11.3. The number of fused-ring (bicyclic) bond motifs is 1. The molecule has 0 spiro atoms. The van der Waals surface area contributed by atoms with Gasteiger partial charge in [0.25, 0.3) is 5.91 Å². The Morgan fingerprint density at radius 3 is 2.35 bits per heavy atom. The minimum Gasteiger partial charge on any atom is -0.496 e. The van der Waals surface area contributed by atoms with Gasteiger partial charge in [-0.05, 0) is 42.2 Å². The van der Waals surface area contributed by atoms with Crippen molar-refractivity contribution in [3.8, 4) is 5.75 Å². The minimum atomic E-state index is -0.398. The van der Waals surface area contributed by atoms with Gasteiger partial charge in [0.1, 0.15) is 5.75 Å². The number of aryl methyl sites for hydroxylation is 1. The molecule has 1 amide bonds. The number of rotatable bonds is 11. The zero-order valence-electron chi connectivity index (χ0n) is 20.9. The van der Waals surface area contributed by atoms with Crippen LogP contribution in [0.25, 0.3) is 10.9 Å². The Morgan fingerprint density at radius 2 is 1.71 bits per heavy atom. The van der Waals surface area contributed by atoms with Crippen LogP contribution in [0.15, 0.2) is 42.6 Å². The summed E-state index contributed by atoms with van der Waals surface area (Å²) >= 11 is 0. The topological polar surface area (TPSA) is 69.6 Å². The molecule has 0 aliphatic heterocycles. The van der Waals surface area contributed by atoms with Gasteiger partial charge < -0.3 is 19.4 Å². The first-order valence-electron chi connectivity index (χ1n) is 12.1. The van der Waals surface area contributed by atoms with E-state index in [1.165, 1.54) is 12.7 Å². The van der Waals surface area contributed by atoms with Crippen molar-refractivity contribution in [1.29, 1.82) is 0 Å². The van der Waals surface area contributed by atoms with E-state index in [0.29, 0.717) is 35.9 Å². The smallest absolute Gasteiger partial charge is 0.337 e. The molecule has 6 nitrogen and oxygen atoms in total. The molecule has 34 heavy (non-hydrogen) atoms.